The molecule has 0 amide bonds. The number of hydrogen-bond donors (Lipinski definition) is 1. The first-order chi connectivity index (χ1) is 12.0. The minimum absolute atomic E-state index is 0.323. The van der Waals surface area contributed by atoms with Gasteiger partial charge in [-0.25, -0.2) is 0 Å². The van der Waals surface area contributed by atoms with Crippen molar-refractivity contribution in [2.75, 3.05) is 6.54 Å². The molecule has 0 aliphatic heterocycles. The Labute approximate surface area is 151 Å². The summed E-state index contributed by atoms with van der Waals surface area (Å²) < 4.78 is 0. The van der Waals surface area contributed by atoms with E-state index >= 15 is 0 Å². The van der Waals surface area contributed by atoms with Crippen LogP contribution in [0.2, 0.25) is 0 Å². The summed E-state index contributed by atoms with van der Waals surface area (Å²) in [7, 11) is 0. The zero-order valence-electron chi connectivity index (χ0n) is 15.6. The van der Waals surface area contributed by atoms with E-state index in [9.17, 15) is 15.2 Å². The van der Waals surface area contributed by atoms with Crippen molar-refractivity contribution in [2.45, 2.75) is 89.1 Å². The molecule has 1 aliphatic rings. The highest BCUT2D eigenvalue weighted by Gasteiger charge is 2.37. The second-order valence-electron chi connectivity index (χ2n) is 7.75. The molecule has 0 aromatic heterocycles. The fourth-order valence-corrected chi connectivity index (χ4v) is 3.95. The van der Waals surface area contributed by atoms with Gasteiger partial charge in [0.15, 0.2) is 0 Å². The molecule has 0 bridgehead atoms. The quantitative estimate of drug-likeness (QED) is 0.357. The predicted octanol–water partition coefficient (Wildman–Crippen LogP) is 5.26. The third-order valence-electron chi connectivity index (χ3n) is 5.61. The molecular formula is C21H33NO3. The molecule has 0 atom stereocenters. The lowest BCUT2D eigenvalue weighted by atomic mass is 9.76. The van der Waals surface area contributed by atoms with Crippen LogP contribution in [0.4, 0.5) is 0 Å². The molecule has 0 heterocycles. The summed E-state index contributed by atoms with van der Waals surface area (Å²) in [5.74, 6) is 0.426. The van der Waals surface area contributed by atoms with Gasteiger partial charge in [-0.2, -0.15) is 0 Å². The Hall–Kier alpha value is -1.42. The van der Waals surface area contributed by atoms with Crippen LogP contribution in [0.5, 0.6) is 0 Å². The van der Waals surface area contributed by atoms with Crippen molar-refractivity contribution >= 4 is 0 Å². The van der Waals surface area contributed by atoms with Crippen LogP contribution in [-0.4, -0.2) is 22.2 Å². The van der Waals surface area contributed by atoms with E-state index in [1.165, 1.54) is 49.7 Å². The first kappa shape index (κ1) is 19.9. The van der Waals surface area contributed by atoms with Gasteiger partial charge in [0, 0.05) is 4.92 Å². The second kappa shape index (κ2) is 9.91. The summed E-state index contributed by atoms with van der Waals surface area (Å²) >= 11 is 0. The second-order valence-corrected chi connectivity index (χ2v) is 7.75. The highest BCUT2D eigenvalue weighted by atomic mass is 16.6. The molecule has 1 aromatic rings. The molecule has 1 fully saturated rings. The standard InChI is InChI=1S/C21H33NO3/c1-2-3-4-5-6-7-8-18-9-11-19(12-10-18)20-13-15-21(23,16-14-20)17-22(24)25/h9-12,20,23H,2-8,13-17H2,1H3. The summed E-state index contributed by atoms with van der Waals surface area (Å²) in [6.45, 7) is 1.92. The number of nitro groups is 1. The van der Waals surface area contributed by atoms with Crippen LogP contribution in [0, 0.1) is 10.1 Å². The lowest BCUT2D eigenvalue weighted by Crippen LogP contribution is -2.40. The topological polar surface area (TPSA) is 63.4 Å². The van der Waals surface area contributed by atoms with Gasteiger partial charge in [-0.1, -0.05) is 63.3 Å². The number of rotatable bonds is 10. The zero-order valence-corrected chi connectivity index (χ0v) is 15.6. The van der Waals surface area contributed by atoms with Gasteiger partial charge in [0.05, 0.1) is 0 Å². The van der Waals surface area contributed by atoms with Gasteiger partial charge in [-0.05, 0) is 55.6 Å². The van der Waals surface area contributed by atoms with Gasteiger partial charge in [-0.15, -0.1) is 0 Å². The Morgan fingerprint density at radius 2 is 1.68 bits per heavy atom. The van der Waals surface area contributed by atoms with Crippen LogP contribution in [-0.2, 0) is 6.42 Å². The smallest absolute Gasteiger partial charge is 0.232 e. The average molecular weight is 347 g/mol. The third-order valence-corrected chi connectivity index (χ3v) is 5.61. The molecule has 0 spiro atoms. The number of benzene rings is 1. The summed E-state index contributed by atoms with van der Waals surface area (Å²) in [5, 5.41) is 21.0. The first-order valence-electron chi connectivity index (χ1n) is 9.95. The monoisotopic (exact) mass is 347 g/mol. The van der Waals surface area contributed by atoms with Gasteiger partial charge in [0.1, 0.15) is 5.60 Å². The Morgan fingerprint density at radius 1 is 1.08 bits per heavy atom. The Kier molecular flexibility index (Phi) is 7.89. The lowest BCUT2D eigenvalue weighted by molar-refractivity contribution is -0.502. The largest absolute Gasteiger partial charge is 0.383 e. The maximum Gasteiger partial charge on any atom is 0.232 e. The van der Waals surface area contributed by atoms with E-state index in [-0.39, 0.29) is 6.54 Å². The normalized spacial score (nSPS) is 23.5. The number of nitrogens with zero attached hydrogens (tertiary/aromatic N) is 1. The van der Waals surface area contributed by atoms with E-state index in [1.54, 1.807) is 0 Å². The Bertz CT molecular complexity index is 518. The van der Waals surface area contributed by atoms with Crippen molar-refractivity contribution in [3.63, 3.8) is 0 Å². The highest BCUT2D eigenvalue weighted by Crippen LogP contribution is 2.38. The molecule has 4 nitrogen and oxygen atoms in total. The molecule has 0 saturated heterocycles. The number of unbranched alkanes of at least 4 members (excludes halogenated alkanes) is 5. The Morgan fingerprint density at radius 3 is 2.28 bits per heavy atom. The molecule has 0 radical (unpaired) electrons. The average Bonchev–Trinajstić information content (AvgIpc) is 2.58. The first-order valence-corrected chi connectivity index (χ1v) is 9.95. The number of aliphatic hydroxyl groups is 1. The van der Waals surface area contributed by atoms with Gasteiger partial charge >= 0.3 is 0 Å². The molecule has 2 rings (SSSR count). The molecule has 1 N–H and O–H groups in total. The lowest BCUT2D eigenvalue weighted by Gasteiger charge is -2.33. The van der Waals surface area contributed by atoms with Crippen molar-refractivity contribution in [3.8, 4) is 0 Å². The van der Waals surface area contributed by atoms with Crippen molar-refractivity contribution in [1.82, 2.24) is 0 Å². The summed E-state index contributed by atoms with van der Waals surface area (Å²) in [6.07, 6.45) is 11.8. The molecular weight excluding hydrogens is 314 g/mol. The maximum atomic E-state index is 10.7. The van der Waals surface area contributed by atoms with E-state index in [0.717, 1.165) is 19.3 Å². The van der Waals surface area contributed by atoms with Crippen LogP contribution in [0.1, 0.15) is 88.2 Å². The van der Waals surface area contributed by atoms with Crippen LogP contribution in [0.25, 0.3) is 0 Å². The number of hydrogen-bond acceptors (Lipinski definition) is 3. The van der Waals surface area contributed by atoms with Crippen molar-refractivity contribution in [3.05, 3.63) is 45.5 Å². The van der Waals surface area contributed by atoms with E-state index in [1.807, 2.05) is 0 Å². The Balaban J connectivity index is 1.74. The third kappa shape index (κ3) is 6.77. The van der Waals surface area contributed by atoms with Crippen LogP contribution in [0.3, 0.4) is 0 Å². The summed E-state index contributed by atoms with van der Waals surface area (Å²) in [5.41, 5.74) is 1.62. The van der Waals surface area contributed by atoms with Gasteiger partial charge in [0.25, 0.3) is 0 Å². The van der Waals surface area contributed by atoms with E-state index in [2.05, 4.69) is 31.2 Å². The molecule has 1 aromatic carbocycles. The molecule has 140 valence electrons. The van der Waals surface area contributed by atoms with Gasteiger partial charge in [0.2, 0.25) is 6.54 Å². The predicted molar refractivity (Wildman–Crippen MR) is 102 cm³/mol. The maximum absolute atomic E-state index is 10.7. The summed E-state index contributed by atoms with van der Waals surface area (Å²) in [6, 6.07) is 8.91. The number of aryl methyl sites for hydroxylation is 1. The van der Waals surface area contributed by atoms with Crippen molar-refractivity contribution in [2.24, 2.45) is 0 Å². The fourth-order valence-electron chi connectivity index (χ4n) is 3.95. The minimum Gasteiger partial charge on any atom is -0.383 e. The van der Waals surface area contributed by atoms with Crippen molar-refractivity contribution in [1.29, 1.82) is 0 Å². The van der Waals surface area contributed by atoms with Crippen LogP contribution < -0.4 is 0 Å². The van der Waals surface area contributed by atoms with Crippen molar-refractivity contribution < 1.29 is 10.0 Å². The summed E-state index contributed by atoms with van der Waals surface area (Å²) in [4.78, 5) is 10.3. The molecule has 1 aliphatic carbocycles. The highest BCUT2D eigenvalue weighted by molar-refractivity contribution is 5.26. The fraction of sp³-hybridized carbons (Fsp3) is 0.714. The SMILES string of the molecule is CCCCCCCCc1ccc(C2CCC(O)(C[N+](=O)[O-])CC2)cc1. The molecule has 25 heavy (non-hydrogen) atoms. The zero-order chi connectivity index (χ0) is 18.1. The van der Waals surface area contributed by atoms with Crippen LogP contribution >= 0.6 is 0 Å². The van der Waals surface area contributed by atoms with E-state index in [4.69, 9.17) is 0 Å². The van der Waals surface area contributed by atoms with Gasteiger partial charge < -0.3 is 5.11 Å². The molecule has 4 heteroatoms. The van der Waals surface area contributed by atoms with Gasteiger partial charge in [-0.3, -0.25) is 10.1 Å². The van der Waals surface area contributed by atoms with E-state index in [0.29, 0.717) is 18.8 Å². The van der Waals surface area contributed by atoms with Crippen LogP contribution in [0.15, 0.2) is 24.3 Å². The molecule has 1 saturated carbocycles. The van der Waals surface area contributed by atoms with E-state index < -0.39 is 10.5 Å². The minimum atomic E-state index is -1.10. The molecule has 0 unspecified atom stereocenters.